The Morgan fingerprint density at radius 3 is 3.10 bits per heavy atom. The fourth-order valence-corrected chi connectivity index (χ4v) is 2.77. The second kappa shape index (κ2) is 5.77. The second-order valence-electron chi connectivity index (χ2n) is 5.04. The lowest BCUT2D eigenvalue weighted by molar-refractivity contribution is -0.119. The highest BCUT2D eigenvalue weighted by Gasteiger charge is 2.19. The number of pyridine rings is 1. The summed E-state index contributed by atoms with van der Waals surface area (Å²) in [6.45, 7) is 1.50. The normalized spacial score (nSPS) is 18.4. The Bertz CT molecular complexity index is 644. The van der Waals surface area contributed by atoms with E-state index < -0.39 is 0 Å². The molecule has 2 N–H and O–H groups in total. The van der Waals surface area contributed by atoms with Crippen LogP contribution in [0.5, 0.6) is 0 Å². The summed E-state index contributed by atoms with van der Waals surface area (Å²) in [5, 5.41) is 8.02. The fourth-order valence-electron chi connectivity index (χ4n) is 2.55. The number of carbonyl (C=O) groups is 1. The molecule has 1 atom stereocenters. The first kappa shape index (κ1) is 13.3. The third-order valence-corrected chi connectivity index (χ3v) is 3.92. The quantitative estimate of drug-likeness (QED) is 0.908. The van der Waals surface area contributed by atoms with Gasteiger partial charge in [-0.25, -0.2) is 0 Å². The Morgan fingerprint density at radius 1 is 1.40 bits per heavy atom. The summed E-state index contributed by atoms with van der Waals surface area (Å²) in [5.41, 5.74) is 2.05. The van der Waals surface area contributed by atoms with Crippen molar-refractivity contribution in [3.63, 3.8) is 0 Å². The van der Waals surface area contributed by atoms with Gasteiger partial charge in [-0.15, -0.1) is 0 Å². The lowest BCUT2D eigenvalue weighted by atomic mass is 10.1. The van der Waals surface area contributed by atoms with Crippen LogP contribution in [-0.2, 0) is 11.3 Å². The third-order valence-electron chi connectivity index (χ3n) is 3.59. The van der Waals surface area contributed by atoms with Crippen LogP contribution in [0, 0.1) is 0 Å². The summed E-state index contributed by atoms with van der Waals surface area (Å²) in [5.74, 6) is 0.149. The van der Waals surface area contributed by atoms with Gasteiger partial charge in [0, 0.05) is 42.2 Å². The molecule has 1 fully saturated rings. The van der Waals surface area contributed by atoms with Gasteiger partial charge in [0.25, 0.3) is 0 Å². The van der Waals surface area contributed by atoms with Gasteiger partial charge in [-0.2, -0.15) is 0 Å². The summed E-state index contributed by atoms with van der Waals surface area (Å²) in [4.78, 5) is 15.5. The van der Waals surface area contributed by atoms with Gasteiger partial charge >= 0.3 is 0 Å². The van der Waals surface area contributed by atoms with Gasteiger partial charge in [-0.05, 0) is 30.2 Å². The van der Waals surface area contributed by atoms with Gasteiger partial charge in [-0.1, -0.05) is 17.7 Å². The predicted molar refractivity (Wildman–Crippen MR) is 79.6 cm³/mol. The number of nitrogens with zero attached hydrogens (tertiary/aromatic N) is 1. The molecule has 4 nitrogen and oxygen atoms in total. The van der Waals surface area contributed by atoms with E-state index in [1.54, 1.807) is 6.20 Å². The molecule has 1 aromatic heterocycles. The molecule has 5 heteroatoms. The zero-order chi connectivity index (χ0) is 13.9. The van der Waals surface area contributed by atoms with Crippen molar-refractivity contribution in [2.24, 2.45) is 0 Å². The monoisotopic (exact) mass is 289 g/mol. The van der Waals surface area contributed by atoms with Gasteiger partial charge < -0.3 is 10.6 Å². The molecule has 1 aliphatic rings. The molecule has 1 aliphatic heterocycles. The second-order valence-corrected chi connectivity index (χ2v) is 5.45. The van der Waals surface area contributed by atoms with Gasteiger partial charge in [0.15, 0.2) is 0 Å². The molecule has 20 heavy (non-hydrogen) atoms. The van der Waals surface area contributed by atoms with Crippen molar-refractivity contribution in [2.75, 3.05) is 6.54 Å². The van der Waals surface area contributed by atoms with Crippen molar-refractivity contribution in [1.82, 2.24) is 15.6 Å². The minimum absolute atomic E-state index is 0.149. The first-order valence-corrected chi connectivity index (χ1v) is 7.14. The van der Waals surface area contributed by atoms with Crippen molar-refractivity contribution in [1.29, 1.82) is 0 Å². The molecular weight excluding hydrogens is 274 g/mol. The number of fused-ring (bicyclic) bond motifs is 1. The summed E-state index contributed by atoms with van der Waals surface area (Å²) in [6.07, 6.45) is 3.32. The van der Waals surface area contributed by atoms with E-state index in [9.17, 15) is 4.79 Å². The first-order valence-electron chi connectivity index (χ1n) is 6.76. The van der Waals surface area contributed by atoms with E-state index in [1.807, 2.05) is 24.3 Å². The Labute approximate surface area is 122 Å². The van der Waals surface area contributed by atoms with Crippen molar-refractivity contribution < 1.29 is 4.79 Å². The summed E-state index contributed by atoms with van der Waals surface area (Å²) >= 11 is 6.17. The van der Waals surface area contributed by atoms with Gasteiger partial charge in [0.05, 0.1) is 5.52 Å². The van der Waals surface area contributed by atoms with Crippen molar-refractivity contribution in [3.05, 3.63) is 41.0 Å². The van der Waals surface area contributed by atoms with Crippen LogP contribution in [0.25, 0.3) is 10.9 Å². The SMILES string of the molecule is O=C1CCC(CNCc2ccc(Cl)c3cccnc23)N1. The van der Waals surface area contributed by atoms with Crippen LogP contribution in [0.1, 0.15) is 18.4 Å². The van der Waals surface area contributed by atoms with Crippen LogP contribution in [0.2, 0.25) is 5.02 Å². The Morgan fingerprint density at radius 2 is 2.30 bits per heavy atom. The van der Waals surface area contributed by atoms with E-state index in [-0.39, 0.29) is 11.9 Å². The van der Waals surface area contributed by atoms with Gasteiger partial charge in [-0.3, -0.25) is 9.78 Å². The van der Waals surface area contributed by atoms with Crippen LogP contribution >= 0.6 is 11.6 Å². The maximum absolute atomic E-state index is 11.1. The smallest absolute Gasteiger partial charge is 0.220 e. The molecule has 104 valence electrons. The molecule has 0 saturated carbocycles. The zero-order valence-electron chi connectivity index (χ0n) is 11.0. The largest absolute Gasteiger partial charge is 0.352 e. The van der Waals surface area contributed by atoms with Crippen LogP contribution < -0.4 is 10.6 Å². The molecule has 1 amide bonds. The Hall–Kier alpha value is -1.65. The highest BCUT2D eigenvalue weighted by molar-refractivity contribution is 6.35. The molecule has 1 saturated heterocycles. The van der Waals surface area contributed by atoms with Crippen LogP contribution in [0.4, 0.5) is 0 Å². The average Bonchev–Trinajstić information content (AvgIpc) is 2.87. The lowest BCUT2D eigenvalue weighted by Gasteiger charge is -2.12. The number of aromatic nitrogens is 1. The number of hydrogen-bond donors (Lipinski definition) is 2. The highest BCUT2D eigenvalue weighted by Crippen LogP contribution is 2.24. The average molecular weight is 290 g/mol. The van der Waals surface area contributed by atoms with E-state index in [2.05, 4.69) is 15.6 Å². The summed E-state index contributed by atoms with van der Waals surface area (Å²) < 4.78 is 0. The van der Waals surface area contributed by atoms with Crippen LogP contribution in [0.3, 0.4) is 0 Å². The van der Waals surface area contributed by atoms with E-state index in [1.165, 1.54) is 0 Å². The van der Waals surface area contributed by atoms with Crippen LogP contribution in [0.15, 0.2) is 30.5 Å². The third kappa shape index (κ3) is 2.76. The number of halogens is 1. The number of rotatable bonds is 4. The fraction of sp³-hybridized carbons (Fsp3) is 0.333. The number of carbonyl (C=O) groups excluding carboxylic acids is 1. The number of hydrogen-bond acceptors (Lipinski definition) is 3. The van der Waals surface area contributed by atoms with E-state index >= 15 is 0 Å². The van der Waals surface area contributed by atoms with Crippen molar-refractivity contribution in [2.45, 2.75) is 25.4 Å². The minimum atomic E-state index is 0.149. The molecule has 1 aromatic carbocycles. The van der Waals surface area contributed by atoms with E-state index in [0.29, 0.717) is 6.42 Å². The first-order chi connectivity index (χ1) is 9.74. The molecule has 1 unspecified atom stereocenters. The van der Waals surface area contributed by atoms with Crippen LogP contribution in [-0.4, -0.2) is 23.5 Å². The maximum atomic E-state index is 11.1. The number of amides is 1. The molecule has 0 radical (unpaired) electrons. The van der Waals surface area contributed by atoms with Crippen molar-refractivity contribution in [3.8, 4) is 0 Å². The molecular formula is C15H16ClN3O. The number of benzene rings is 1. The Balaban J connectivity index is 1.69. The summed E-state index contributed by atoms with van der Waals surface area (Å²) in [6, 6.07) is 8.01. The standard InChI is InChI=1S/C15H16ClN3O/c16-13-5-3-10(15-12(13)2-1-7-18-15)8-17-9-11-4-6-14(20)19-11/h1-3,5,7,11,17H,4,6,8-9H2,(H,19,20). The topological polar surface area (TPSA) is 54.0 Å². The van der Waals surface area contributed by atoms with Gasteiger partial charge in [0.2, 0.25) is 5.91 Å². The van der Waals surface area contributed by atoms with E-state index in [4.69, 9.17) is 11.6 Å². The van der Waals surface area contributed by atoms with Crippen molar-refractivity contribution >= 4 is 28.4 Å². The predicted octanol–water partition coefficient (Wildman–Crippen LogP) is 2.26. The van der Waals surface area contributed by atoms with E-state index in [0.717, 1.165) is 41.0 Å². The maximum Gasteiger partial charge on any atom is 0.220 e. The lowest BCUT2D eigenvalue weighted by Crippen LogP contribution is -2.35. The molecule has 0 spiro atoms. The van der Waals surface area contributed by atoms with Gasteiger partial charge in [0.1, 0.15) is 0 Å². The Kier molecular flexibility index (Phi) is 3.85. The molecule has 2 aromatic rings. The molecule has 3 rings (SSSR count). The number of nitrogens with one attached hydrogen (secondary N) is 2. The molecule has 0 aliphatic carbocycles. The highest BCUT2D eigenvalue weighted by atomic mass is 35.5. The molecule has 0 bridgehead atoms. The summed E-state index contributed by atoms with van der Waals surface area (Å²) in [7, 11) is 0. The minimum Gasteiger partial charge on any atom is -0.352 e. The zero-order valence-corrected chi connectivity index (χ0v) is 11.8. The molecule has 2 heterocycles.